The first-order valence-corrected chi connectivity index (χ1v) is 6.08. The van der Waals surface area contributed by atoms with Gasteiger partial charge in [0.2, 0.25) is 0 Å². The van der Waals surface area contributed by atoms with E-state index in [4.69, 9.17) is 0 Å². The van der Waals surface area contributed by atoms with Gasteiger partial charge < -0.3 is 0 Å². The number of halogens is 1. The third-order valence-corrected chi connectivity index (χ3v) is 3.60. The second-order valence-corrected chi connectivity index (χ2v) is 4.79. The molecule has 1 aliphatic carbocycles. The van der Waals surface area contributed by atoms with Crippen molar-refractivity contribution in [2.75, 3.05) is 0 Å². The van der Waals surface area contributed by atoms with Crippen LogP contribution in [-0.4, -0.2) is 5.78 Å². The molecule has 1 nitrogen and oxygen atoms in total. The fourth-order valence-corrected chi connectivity index (χ4v) is 2.44. The van der Waals surface area contributed by atoms with Crippen molar-refractivity contribution in [1.82, 2.24) is 0 Å². The third-order valence-electron chi connectivity index (χ3n) is 3.60. The van der Waals surface area contributed by atoms with Crippen molar-refractivity contribution < 1.29 is 9.18 Å². The minimum absolute atomic E-state index is 0.0354. The van der Waals surface area contributed by atoms with E-state index in [1.54, 1.807) is 12.1 Å². The molecule has 90 valence electrons. The van der Waals surface area contributed by atoms with Gasteiger partial charge in [0.25, 0.3) is 0 Å². The van der Waals surface area contributed by atoms with Crippen molar-refractivity contribution in [3.05, 3.63) is 71.5 Å². The smallest absolute Gasteiger partial charge is 0.173 e. The Morgan fingerprint density at radius 2 is 1.72 bits per heavy atom. The highest BCUT2D eigenvalue weighted by molar-refractivity contribution is 6.06. The van der Waals surface area contributed by atoms with Crippen LogP contribution in [0.15, 0.2) is 54.6 Å². The highest BCUT2D eigenvalue weighted by atomic mass is 19.1. The zero-order chi connectivity index (χ0) is 12.6. The topological polar surface area (TPSA) is 17.1 Å². The molecule has 0 aromatic heterocycles. The molecule has 0 bridgehead atoms. The molecule has 1 fully saturated rings. The fourth-order valence-electron chi connectivity index (χ4n) is 2.44. The van der Waals surface area contributed by atoms with E-state index in [1.165, 1.54) is 12.1 Å². The van der Waals surface area contributed by atoms with Crippen molar-refractivity contribution in [1.29, 1.82) is 0 Å². The molecule has 0 N–H and O–H groups in total. The normalized spacial score (nSPS) is 16.3. The van der Waals surface area contributed by atoms with Gasteiger partial charge in [0.15, 0.2) is 5.78 Å². The van der Waals surface area contributed by atoms with E-state index in [-0.39, 0.29) is 11.6 Å². The first-order chi connectivity index (χ1) is 8.72. The fraction of sp³-hybridized carbons (Fsp3) is 0.188. The van der Waals surface area contributed by atoms with Crippen molar-refractivity contribution in [3.8, 4) is 0 Å². The summed E-state index contributed by atoms with van der Waals surface area (Å²) in [7, 11) is 0. The number of benzene rings is 2. The molecular formula is C16H13FO. The summed E-state index contributed by atoms with van der Waals surface area (Å²) in [5.74, 6) is -0.321. The average molecular weight is 240 g/mol. The van der Waals surface area contributed by atoms with Gasteiger partial charge in [-0.25, -0.2) is 4.39 Å². The molecule has 2 aromatic rings. The van der Waals surface area contributed by atoms with Gasteiger partial charge in [-0.1, -0.05) is 42.5 Å². The van der Waals surface area contributed by atoms with Crippen LogP contribution in [0.4, 0.5) is 4.39 Å². The van der Waals surface area contributed by atoms with Gasteiger partial charge in [-0.2, -0.15) is 0 Å². The summed E-state index contributed by atoms with van der Waals surface area (Å²) in [4.78, 5) is 12.5. The molecule has 0 aliphatic heterocycles. The number of carbonyl (C=O) groups excluding carboxylic acids is 1. The Hall–Kier alpha value is -1.96. The van der Waals surface area contributed by atoms with Crippen LogP contribution in [0, 0.1) is 5.82 Å². The molecule has 0 spiro atoms. The number of rotatable bonds is 3. The number of ketones is 1. The maximum absolute atomic E-state index is 13.2. The summed E-state index contributed by atoms with van der Waals surface area (Å²) < 4.78 is 13.2. The SMILES string of the molecule is O=C(c1cccc(F)c1)C1(c2ccccc2)CC1. The number of Topliss-reactive ketones (excluding diaryl/α,β-unsaturated/α-hetero) is 1. The maximum Gasteiger partial charge on any atom is 0.173 e. The Bertz CT molecular complexity index is 585. The largest absolute Gasteiger partial charge is 0.293 e. The minimum Gasteiger partial charge on any atom is -0.293 e. The molecule has 3 rings (SSSR count). The molecule has 0 saturated heterocycles. The van der Waals surface area contributed by atoms with Crippen molar-refractivity contribution in [3.63, 3.8) is 0 Å². The van der Waals surface area contributed by atoms with E-state index in [0.29, 0.717) is 5.56 Å². The Morgan fingerprint density at radius 1 is 1.00 bits per heavy atom. The lowest BCUT2D eigenvalue weighted by atomic mass is 9.87. The summed E-state index contributed by atoms with van der Waals surface area (Å²) in [5, 5.41) is 0. The molecule has 0 heterocycles. The molecule has 0 radical (unpaired) electrons. The lowest BCUT2D eigenvalue weighted by Gasteiger charge is -2.14. The van der Waals surface area contributed by atoms with Crippen LogP contribution in [0.1, 0.15) is 28.8 Å². The predicted molar refractivity (Wildman–Crippen MR) is 68.1 cm³/mol. The Labute approximate surface area is 105 Å². The van der Waals surface area contributed by atoms with Crippen LogP contribution in [0.5, 0.6) is 0 Å². The van der Waals surface area contributed by atoms with Crippen molar-refractivity contribution in [2.45, 2.75) is 18.3 Å². The maximum atomic E-state index is 13.2. The lowest BCUT2D eigenvalue weighted by Crippen LogP contribution is -2.20. The molecule has 1 aliphatic rings. The van der Waals surface area contributed by atoms with E-state index in [2.05, 4.69) is 0 Å². The summed E-state index contributed by atoms with van der Waals surface area (Å²) in [5.41, 5.74) is 1.10. The summed E-state index contributed by atoms with van der Waals surface area (Å²) in [6.45, 7) is 0. The van der Waals surface area contributed by atoms with Gasteiger partial charge in [0.1, 0.15) is 5.82 Å². The van der Waals surface area contributed by atoms with Gasteiger partial charge >= 0.3 is 0 Å². The zero-order valence-corrected chi connectivity index (χ0v) is 9.90. The minimum atomic E-state index is -0.408. The molecule has 18 heavy (non-hydrogen) atoms. The van der Waals surface area contributed by atoms with Crippen LogP contribution in [-0.2, 0) is 5.41 Å². The van der Waals surface area contributed by atoms with Gasteiger partial charge in [-0.15, -0.1) is 0 Å². The van der Waals surface area contributed by atoms with E-state index >= 15 is 0 Å². The second kappa shape index (κ2) is 4.05. The van der Waals surface area contributed by atoms with Crippen LogP contribution in [0.25, 0.3) is 0 Å². The molecule has 2 aromatic carbocycles. The predicted octanol–water partition coefficient (Wildman–Crippen LogP) is 3.74. The van der Waals surface area contributed by atoms with E-state index in [9.17, 15) is 9.18 Å². The second-order valence-electron chi connectivity index (χ2n) is 4.79. The highest BCUT2D eigenvalue weighted by Gasteiger charge is 2.51. The highest BCUT2D eigenvalue weighted by Crippen LogP contribution is 2.50. The molecular weight excluding hydrogens is 227 g/mol. The average Bonchev–Trinajstić information content (AvgIpc) is 3.20. The molecule has 2 heteroatoms. The summed E-state index contributed by atoms with van der Waals surface area (Å²) >= 11 is 0. The number of hydrogen-bond donors (Lipinski definition) is 0. The van der Waals surface area contributed by atoms with Crippen molar-refractivity contribution >= 4 is 5.78 Å². The zero-order valence-electron chi connectivity index (χ0n) is 9.90. The molecule has 0 atom stereocenters. The van der Waals surface area contributed by atoms with E-state index in [0.717, 1.165) is 18.4 Å². The van der Waals surface area contributed by atoms with E-state index < -0.39 is 5.41 Å². The Kier molecular flexibility index (Phi) is 2.51. The lowest BCUT2D eigenvalue weighted by molar-refractivity contribution is 0.0945. The first kappa shape index (κ1) is 11.1. The molecule has 0 amide bonds. The van der Waals surface area contributed by atoms with Gasteiger partial charge in [-0.05, 0) is 30.5 Å². The van der Waals surface area contributed by atoms with Crippen LogP contribution in [0.3, 0.4) is 0 Å². The van der Waals surface area contributed by atoms with Gasteiger partial charge in [-0.3, -0.25) is 4.79 Å². The Balaban J connectivity index is 1.98. The molecule has 1 saturated carbocycles. The number of hydrogen-bond acceptors (Lipinski definition) is 1. The summed E-state index contributed by atoms with van der Waals surface area (Å²) in [6, 6.07) is 15.7. The summed E-state index contributed by atoms with van der Waals surface area (Å²) in [6.07, 6.45) is 1.71. The van der Waals surface area contributed by atoms with Crippen molar-refractivity contribution in [2.24, 2.45) is 0 Å². The number of carbonyl (C=O) groups is 1. The third kappa shape index (κ3) is 1.74. The van der Waals surface area contributed by atoms with E-state index in [1.807, 2.05) is 30.3 Å². The molecule has 0 unspecified atom stereocenters. The van der Waals surface area contributed by atoms with Gasteiger partial charge in [0.05, 0.1) is 5.41 Å². The van der Waals surface area contributed by atoms with Crippen LogP contribution < -0.4 is 0 Å². The van der Waals surface area contributed by atoms with Crippen LogP contribution >= 0.6 is 0 Å². The monoisotopic (exact) mass is 240 g/mol. The standard InChI is InChI=1S/C16H13FO/c17-14-8-4-5-12(11-14)15(18)16(9-10-16)13-6-2-1-3-7-13/h1-8,11H,9-10H2. The quantitative estimate of drug-likeness (QED) is 0.747. The van der Waals surface area contributed by atoms with Gasteiger partial charge in [0, 0.05) is 5.56 Å². The Morgan fingerprint density at radius 3 is 2.33 bits per heavy atom. The van der Waals surface area contributed by atoms with Crippen LogP contribution in [0.2, 0.25) is 0 Å². The first-order valence-electron chi connectivity index (χ1n) is 6.08.